The van der Waals surface area contributed by atoms with Crippen molar-refractivity contribution >= 4 is 22.8 Å². The van der Waals surface area contributed by atoms with Crippen LogP contribution < -0.4 is 0 Å². The van der Waals surface area contributed by atoms with Gasteiger partial charge in [-0.2, -0.15) is 0 Å². The maximum Gasteiger partial charge on any atom is 0.174 e. The summed E-state index contributed by atoms with van der Waals surface area (Å²) in [5, 5.41) is 1.70. The van der Waals surface area contributed by atoms with Crippen LogP contribution in [0.25, 0.3) is 11.0 Å². The number of aromatic nitrogens is 4. The van der Waals surface area contributed by atoms with E-state index in [0.29, 0.717) is 0 Å². The van der Waals surface area contributed by atoms with Crippen molar-refractivity contribution in [3.05, 3.63) is 64.9 Å². The van der Waals surface area contributed by atoms with Gasteiger partial charge in [0.15, 0.2) is 10.2 Å². The minimum absolute atomic E-state index is 0.0208. The molecule has 6 nitrogen and oxygen atoms in total. The van der Waals surface area contributed by atoms with Gasteiger partial charge in [-0.1, -0.05) is 26.8 Å². The number of hydrogen-bond donors (Lipinski definition) is 1. The van der Waals surface area contributed by atoms with Crippen LogP contribution in [0.1, 0.15) is 49.2 Å². The summed E-state index contributed by atoms with van der Waals surface area (Å²) in [6, 6.07) is 10.3. The second-order valence-corrected chi connectivity index (χ2v) is 10.3. The Hall–Kier alpha value is -2.64. The highest BCUT2D eigenvalue weighted by atomic mass is 32.2. The van der Waals surface area contributed by atoms with Gasteiger partial charge in [0.2, 0.25) is 0 Å². The molecule has 7 heteroatoms. The second-order valence-electron chi connectivity index (χ2n) is 9.26. The summed E-state index contributed by atoms with van der Waals surface area (Å²) < 4.78 is 6.09. The molecule has 31 heavy (non-hydrogen) atoms. The van der Waals surface area contributed by atoms with Crippen molar-refractivity contribution in [1.82, 2.24) is 24.8 Å². The van der Waals surface area contributed by atoms with Gasteiger partial charge >= 0.3 is 0 Å². The van der Waals surface area contributed by atoms with E-state index in [4.69, 9.17) is 9.40 Å². The monoisotopic (exact) mass is 433 g/mol. The zero-order chi connectivity index (χ0) is 21.6. The lowest BCUT2D eigenvalue weighted by Crippen LogP contribution is -2.31. The Labute approximate surface area is 186 Å². The van der Waals surface area contributed by atoms with Crippen molar-refractivity contribution in [3.8, 4) is 0 Å². The molecule has 4 heterocycles. The fraction of sp³-hybridized carbons (Fsp3) is 0.375. The van der Waals surface area contributed by atoms with E-state index < -0.39 is 0 Å². The highest BCUT2D eigenvalue weighted by Crippen LogP contribution is 2.30. The normalized spacial score (nSPS) is 14.8. The maximum absolute atomic E-state index is 6.09. The number of imidazole rings is 1. The third kappa shape index (κ3) is 4.38. The maximum atomic E-state index is 6.09. The third-order valence-electron chi connectivity index (χ3n) is 5.51. The van der Waals surface area contributed by atoms with E-state index in [1.165, 1.54) is 28.6 Å². The van der Waals surface area contributed by atoms with Crippen LogP contribution in [-0.4, -0.2) is 31.4 Å². The Kier molecular flexibility index (Phi) is 5.10. The Morgan fingerprint density at radius 3 is 2.87 bits per heavy atom. The molecule has 0 atom stereocenters. The van der Waals surface area contributed by atoms with Crippen LogP contribution in [0.15, 0.2) is 51.2 Å². The minimum Gasteiger partial charge on any atom is -0.453 e. The van der Waals surface area contributed by atoms with Gasteiger partial charge in [0, 0.05) is 42.4 Å². The van der Waals surface area contributed by atoms with Gasteiger partial charge in [0.25, 0.3) is 0 Å². The first kappa shape index (κ1) is 20.3. The summed E-state index contributed by atoms with van der Waals surface area (Å²) in [5.41, 5.74) is 5.63. The van der Waals surface area contributed by atoms with Gasteiger partial charge in [-0.15, -0.1) is 0 Å². The summed E-state index contributed by atoms with van der Waals surface area (Å²) in [4.78, 5) is 19.8. The van der Waals surface area contributed by atoms with Gasteiger partial charge in [-0.25, -0.2) is 15.0 Å². The molecule has 3 aromatic heterocycles. The molecule has 0 saturated heterocycles. The highest BCUT2D eigenvalue weighted by molar-refractivity contribution is 7.99. The summed E-state index contributed by atoms with van der Waals surface area (Å²) in [6.07, 6.45) is 2.95. The number of aromatic amines is 1. The third-order valence-corrected chi connectivity index (χ3v) is 6.32. The van der Waals surface area contributed by atoms with Crippen LogP contribution in [-0.2, 0) is 24.9 Å². The van der Waals surface area contributed by atoms with E-state index in [1.54, 1.807) is 0 Å². The van der Waals surface area contributed by atoms with E-state index in [0.717, 1.165) is 58.9 Å². The van der Waals surface area contributed by atoms with Gasteiger partial charge in [-0.05, 0) is 48.5 Å². The molecule has 1 aromatic carbocycles. The van der Waals surface area contributed by atoms with Crippen LogP contribution in [0.5, 0.6) is 0 Å². The highest BCUT2D eigenvalue weighted by Gasteiger charge is 2.23. The van der Waals surface area contributed by atoms with Crippen molar-refractivity contribution in [1.29, 1.82) is 0 Å². The molecule has 160 valence electrons. The molecule has 0 saturated carbocycles. The largest absolute Gasteiger partial charge is 0.453 e. The predicted molar refractivity (Wildman–Crippen MR) is 122 cm³/mol. The topological polar surface area (TPSA) is 70.8 Å². The number of aryl methyl sites for hydroxylation is 1. The lowest BCUT2D eigenvalue weighted by atomic mass is 9.95. The molecule has 0 fully saturated rings. The molecule has 0 unspecified atom stereocenters. The van der Waals surface area contributed by atoms with Gasteiger partial charge in [0.1, 0.15) is 11.6 Å². The molecular weight excluding hydrogens is 406 g/mol. The minimum atomic E-state index is -0.0208. The number of rotatable bonds is 4. The molecule has 1 aliphatic heterocycles. The van der Waals surface area contributed by atoms with Crippen LogP contribution in [0.2, 0.25) is 0 Å². The summed E-state index contributed by atoms with van der Waals surface area (Å²) in [5.74, 6) is 1.89. The molecule has 0 bridgehead atoms. The molecule has 0 spiro atoms. The van der Waals surface area contributed by atoms with Crippen molar-refractivity contribution < 1.29 is 4.42 Å². The lowest BCUT2D eigenvalue weighted by molar-refractivity contribution is 0.217. The fourth-order valence-corrected chi connectivity index (χ4v) is 4.61. The summed E-state index contributed by atoms with van der Waals surface area (Å²) in [6.45, 7) is 11.2. The zero-order valence-electron chi connectivity index (χ0n) is 18.4. The average Bonchev–Trinajstić information content (AvgIpc) is 3.32. The molecule has 4 aromatic rings. The first-order chi connectivity index (χ1) is 14.8. The Balaban J connectivity index is 1.24. The number of nitrogens with one attached hydrogen (secondary N) is 1. The molecular formula is C24H27N5OS. The fourth-order valence-electron chi connectivity index (χ4n) is 3.83. The Bertz CT molecular complexity index is 1240. The summed E-state index contributed by atoms with van der Waals surface area (Å²) in [7, 11) is 0. The average molecular weight is 434 g/mol. The molecule has 5 rings (SSSR count). The van der Waals surface area contributed by atoms with E-state index in [-0.39, 0.29) is 5.41 Å². The Morgan fingerprint density at radius 1 is 1.16 bits per heavy atom. The van der Waals surface area contributed by atoms with Crippen LogP contribution in [0.3, 0.4) is 0 Å². The summed E-state index contributed by atoms with van der Waals surface area (Å²) >= 11 is 1.52. The van der Waals surface area contributed by atoms with Crippen molar-refractivity contribution in [3.63, 3.8) is 0 Å². The first-order valence-corrected chi connectivity index (χ1v) is 11.5. The first-order valence-electron chi connectivity index (χ1n) is 10.6. The van der Waals surface area contributed by atoms with Crippen LogP contribution in [0.4, 0.5) is 0 Å². The number of furan rings is 1. The number of nitrogens with zero attached hydrogens (tertiary/aromatic N) is 4. The SMILES string of the molecule is Cc1ccc2nc(Sc3ccc(CN4CCc5nc(C(C)(C)C)ncc5C4)o3)[nH]c2c1. The smallest absolute Gasteiger partial charge is 0.174 e. The number of fused-ring (bicyclic) bond motifs is 2. The van der Waals surface area contributed by atoms with Crippen molar-refractivity contribution in [2.75, 3.05) is 6.54 Å². The van der Waals surface area contributed by atoms with Gasteiger partial charge < -0.3 is 9.40 Å². The van der Waals surface area contributed by atoms with Gasteiger partial charge in [0.05, 0.1) is 17.6 Å². The second kappa shape index (κ2) is 7.80. The Morgan fingerprint density at radius 2 is 2.03 bits per heavy atom. The molecule has 1 aliphatic rings. The molecule has 1 N–H and O–H groups in total. The molecule has 0 radical (unpaired) electrons. The van der Waals surface area contributed by atoms with Crippen LogP contribution >= 0.6 is 11.8 Å². The lowest BCUT2D eigenvalue weighted by Gasteiger charge is -2.28. The number of H-pyrrole nitrogens is 1. The predicted octanol–water partition coefficient (Wildman–Crippen LogP) is 5.26. The quantitative estimate of drug-likeness (QED) is 0.473. The van der Waals surface area contributed by atoms with E-state index >= 15 is 0 Å². The standard InChI is InChI=1S/C24H27N5OS/c1-15-5-7-19-20(11-15)28-23(27-19)31-21-8-6-17(30-21)14-29-10-9-18-16(13-29)12-25-22(26-18)24(2,3)4/h5-8,11-12H,9-10,13-14H2,1-4H3,(H,27,28). The molecule has 0 aliphatic carbocycles. The van der Waals surface area contributed by atoms with Crippen molar-refractivity contribution in [2.24, 2.45) is 0 Å². The molecule has 0 amide bonds. The van der Waals surface area contributed by atoms with E-state index in [2.05, 4.69) is 65.7 Å². The van der Waals surface area contributed by atoms with Crippen LogP contribution in [0, 0.1) is 6.92 Å². The van der Waals surface area contributed by atoms with E-state index in [9.17, 15) is 0 Å². The number of benzene rings is 1. The van der Waals surface area contributed by atoms with Crippen molar-refractivity contribution in [2.45, 2.75) is 62.9 Å². The number of hydrogen-bond acceptors (Lipinski definition) is 6. The van der Waals surface area contributed by atoms with Gasteiger partial charge in [-0.3, -0.25) is 4.90 Å². The zero-order valence-corrected chi connectivity index (χ0v) is 19.2. The van der Waals surface area contributed by atoms with E-state index in [1.807, 2.05) is 18.3 Å².